The van der Waals surface area contributed by atoms with E-state index in [0.29, 0.717) is 5.02 Å². The molecule has 128 valence electrons. The summed E-state index contributed by atoms with van der Waals surface area (Å²) in [5.74, 6) is -0.628. The fourth-order valence-electron chi connectivity index (χ4n) is 2.32. The number of rotatable bonds is 4. The van der Waals surface area contributed by atoms with Gasteiger partial charge in [0.05, 0.1) is 15.6 Å². The largest absolute Gasteiger partial charge is 0.350 e. The Hall–Kier alpha value is -1.01. The van der Waals surface area contributed by atoms with E-state index in [0.717, 1.165) is 25.9 Å². The monoisotopic (exact) mass is 379 g/mol. The van der Waals surface area contributed by atoms with Crippen LogP contribution in [0.1, 0.15) is 30.1 Å². The Balaban J connectivity index is 0.00000264. The Labute approximate surface area is 151 Å². The second-order valence-electron chi connectivity index (χ2n) is 5.35. The SMILES string of the molecule is CC(NC(=O)c1cccc(Cl)c1Cl)C(=O)N[C@H]1CCCNC1.Cl. The fraction of sp³-hybridized carbons (Fsp3) is 0.467. The van der Waals surface area contributed by atoms with Crippen LogP contribution in [0.4, 0.5) is 0 Å². The van der Waals surface area contributed by atoms with Gasteiger partial charge in [-0.2, -0.15) is 0 Å². The van der Waals surface area contributed by atoms with Gasteiger partial charge in [-0.15, -0.1) is 12.4 Å². The van der Waals surface area contributed by atoms with Crippen LogP contribution in [0.3, 0.4) is 0 Å². The van der Waals surface area contributed by atoms with Crippen molar-refractivity contribution < 1.29 is 9.59 Å². The number of piperidine rings is 1. The molecule has 0 spiro atoms. The zero-order chi connectivity index (χ0) is 16.1. The summed E-state index contributed by atoms with van der Waals surface area (Å²) in [6.07, 6.45) is 1.98. The third kappa shape index (κ3) is 5.53. The summed E-state index contributed by atoms with van der Waals surface area (Å²) in [6, 6.07) is 4.27. The third-order valence-electron chi connectivity index (χ3n) is 3.58. The maximum absolute atomic E-state index is 12.2. The van der Waals surface area contributed by atoms with E-state index in [1.54, 1.807) is 25.1 Å². The van der Waals surface area contributed by atoms with Crippen LogP contribution >= 0.6 is 35.6 Å². The van der Waals surface area contributed by atoms with E-state index in [-0.39, 0.29) is 34.9 Å². The van der Waals surface area contributed by atoms with Gasteiger partial charge >= 0.3 is 0 Å². The van der Waals surface area contributed by atoms with Gasteiger partial charge in [0.2, 0.25) is 5.91 Å². The van der Waals surface area contributed by atoms with E-state index in [2.05, 4.69) is 16.0 Å². The average Bonchev–Trinajstić information content (AvgIpc) is 2.50. The van der Waals surface area contributed by atoms with E-state index < -0.39 is 11.9 Å². The molecule has 1 fully saturated rings. The fourth-order valence-corrected chi connectivity index (χ4v) is 2.71. The van der Waals surface area contributed by atoms with Crippen molar-refractivity contribution in [3.8, 4) is 0 Å². The lowest BCUT2D eigenvalue weighted by atomic mass is 10.1. The van der Waals surface area contributed by atoms with Crippen molar-refractivity contribution in [2.24, 2.45) is 0 Å². The first-order chi connectivity index (χ1) is 10.5. The van der Waals surface area contributed by atoms with Gasteiger partial charge in [-0.05, 0) is 38.4 Å². The lowest BCUT2D eigenvalue weighted by Gasteiger charge is -2.25. The number of carbonyl (C=O) groups is 2. The van der Waals surface area contributed by atoms with Crippen LogP contribution in [-0.2, 0) is 4.79 Å². The van der Waals surface area contributed by atoms with Crippen LogP contribution in [0.2, 0.25) is 10.0 Å². The third-order valence-corrected chi connectivity index (χ3v) is 4.40. The predicted octanol–water partition coefficient (Wildman–Crippen LogP) is 2.40. The van der Waals surface area contributed by atoms with Gasteiger partial charge < -0.3 is 16.0 Å². The summed E-state index contributed by atoms with van der Waals surface area (Å²) < 4.78 is 0. The van der Waals surface area contributed by atoms with Crippen molar-refractivity contribution in [2.45, 2.75) is 31.8 Å². The molecule has 1 aromatic carbocycles. The van der Waals surface area contributed by atoms with Gasteiger partial charge in [0.25, 0.3) is 5.91 Å². The number of carbonyl (C=O) groups excluding carboxylic acids is 2. The summed E-state index contributed by atoms with van der Waals surface area (Å²) in [5, 5.41) is 9.28. The van der Waals surface area contributed by atoms with Crippen molar-refractivity contribution in [2.75, 3.05) is 13.1 Å². The van der Waals surface area contributed by atoms with Gasteiger partial charge in [-0.3, -0.25) is 9.59 Å². The van der Waals surface area contributed by atoms with Crippen LogP contribution in [0, 0.1) is 0 Å². The van der Waals surface area contributed by atoms with Gasteiger partial charge in [-0.1, -0.05) is 29.3 Å². The molecule has 0 bridgehead atoms. The van der Waals surface area contributed by atoms with Crippen molar-refractivity contribution in [1.29, 1.82) is 0 Å². The highest BCUT2D eigenvalue weighted by Crippen LogP contribution is 2.25. The molecule has 2 amide bonds. The first-order valence-corrected chi connectivity index (χ1v) is 8.00. The minimum Gasteiger partial charge on any atom is -0.350 e. The number of nitrogens with one attached hydrogen (secondary N) is 3. The molecule has 3 N–H and O–H groups in total. The lowest BCUT2D eigenvalue weighted by molar-refractivity contribution is -0.123. The minimum atomic E-state index is -0.649. The lowest BCUT2D eigenvalue weighted by Crippen LogP contribution is -2.52. The molecule has 1 aromatic rings. The van der Waals surface area contributed by atoms with E-state index in [1.165, 1.54) is 0 Å². The number of hydrogen-bond acceptors (Lipinski definition) is 3. The van der Waals surface area contributed by atoms with E-state index in [9.17, 15) is 9.59 Å². The standard InChI is InChI=1S/C15H19Cl2N3O2.ClH/c1-9(14(21)20-10-4-3-7-18-8-10)19-15(22)11-5-2-6-12(16)13(11)17;/h2,5-6,9-10,18H,3-4,7-8H2,1H3,(H,19,22)(H,20,21);1H/t9?,10-;/m0./s1. The van der Waals surface area contributed by atoms with E-state index in [4.69, 9.17) is 23.2 Å². The molecule has 0 aliphatic carbocycles. The molecule has 23 heavy (non-hydrogen) atoms. The molecule has 1 saturated heterocycles. The maximum atomic E-state index is 12.2. The Bertz CT molecular complexity index is 563. The van der Waals surface area contributed by atoms with Crippen molar-refractivity contribution in [3.63, 3.8) is 0 Å². The molecule has 0 saturated carbocycles. The summed E-state index contributed by atoms with van der Waals surface area (Å²) in [4.78, 5) is 24.3. The number of benzene rings is 1. The molecule has 8 heteroatoms. The van der Waals surface area contributed by atoms with Gasteiger partial charge in [-0.25, -0.2) is 0 Å². The zero-order valence-corrected chi connectivity index (χ0v) is 15.0. The van der Waals surface area contributed by atoms with E-state index in [1.807, 2.05) is 0 Å². The van der Waals surface area contributed by atoms with Gasteiger partial charge in [0.15, 0.2) is 0 Å². The quantitative estimate of drug-likeness (QED) is 0.751. The number of amides is 2. The molecule has 2 rings (SSSR count). The summed E-state index contributed by atoms with van der Waals surface area (Å²) in [5.41, 5.74) is 0.258. The highest BCUT2D eigenvalue weighted by molar-refractivity contribution is 6.43. The topological polar surface area (TPSA) is 70.2 Å². The minimum absolute atomic E-state index is 0. The molecular formula is C15H20Cl3N3O2. The summed E-state index contributed by atoms with van der Waals surface area (Å²) in [6.45, 7) is 3.38. The van der Waals surface area contributed by atoms with Crippen molar-refractivity contribution >= 4 is 47.4 Å². The molecule has 1 aliphatic heterocycles. The second-order valence-corrected chi connectivity index (χ2v) is 6.13. The predicted molar refractivity (Wildman–Crippen MR) is 94.7 cm³/mol. The van der Waals surface area contributed by atoms with Crippen molar-refractivity contribution in [1.82, 2.24) is 16.0 Å². The smallest absolute Gasteiger partial charge is 0.253 e. The second kappa shape index (κ2) is 9.33. The normalized spacial score (nSPS) is 18.5. The molecule has 0 radical (unpaired) electrons. The highest BCUT2D eigenvalue weighted by atomic mass is 35.5. The van der Waals surface area contributed by atoms with Gasteiger partial charge in [0.1, 0.15) is 6.04 Å². The molecule has 1 heterocycles. The van der Waals surface area contributed by atoms with E-state index >= 15 is 0 Å². The maximum Gasteiger partial charge on any atom is 0.253 e. The molecule has 5 nitrogen and oxygen atoms in total. The van der Waals surface area contributed by atoms with Crippen LogP contribution in [0.15, 0.2) is 18.2 Å². The highest BCUT2D eigenvalue weighted by Gasteiger charge is 2.22. The Morgan fingerprint density at radius 3 is 2.74 bits per heavy atom. The molecule has 2 atom stereocenters. The number of halogens is 3. The first-order valence-electron chi connectivity index (χ1n) is 7.25. The molecule has 1 aliphatic rings. The Morgan fingerprint density at radius 1 is 1.35 bits per heavy atom. The van der Waals surface area contributed by atoms with Crippen molar-refractivity contribution in [3.05, 3.63) is 33.8 Å². The zero-order valence-electron chi connectivity index (χ0n) is 12.7. The van der Waals surface area contributed by atoms with Gasteiger partial charge in [0, 0.05) is 12.6 Å². The Morgan fingerprint density at radius 2 is 2.09 bits per heavy atom. The molecule has 1 unspecified atom stereocenters. The summed E-state index contributed by atoms with van der Waals surface area (Å²) >= 11 is 11.9. The molecule has 0 aromatic heterocycles. The summed E-state index contributed by atoms with van der Waals surface area (Å²) in [7, 11) is 0. The average molecular weight is 381 g/mol. The van der Waals surface area contributed by atoms with Crippen LogP contribution in [0.5, 0.6) is 0 Å². The number of hydrogen-bond donors (Lipinski definition) is 3. The van der Waals surface area contributed by atoms with Crippen LogP contribution in [-0.4, -0.2) is 37.0 Å². The van der Waals surface area contributed by atoms with Crippen LogP contribution < -0.4 is 16.0 Å². The van der Waals surface area contributed by atoms with Crippen LogP contribution in [0.25, 0.3) is 0 Å². The first kappa shape index (κ1) is 20.0. The molecular weight excluding hydrogens is 361 g/mol. The Kier molecular flexibility index (Phi) is 8.12.